The molecular weight excluding hydrogens is 320 g/mol. The van der Waals surface area contributed by atoms with Gasteiger partial charge in [-0.05, 0) is 31.2 Å². The van der Waals surface area contributed by atoms with Gasteiger partial charge >= 0.3 is 0 Å². The number of fused-ring (bicyclic) bond motifs is 1. The number of thioether (sulfide) groups is 1. The molecular formula is C18H24N4OS. The highest BCUT2D eigenvalue weighted by Crippen LogP contribution is 2.41. The maximum absolute atomic E-state index is 12.7. The van der Waals surface area contributed by atoms with Crippen LogP contribution in [0.15, 0.2) is 18.5 Å². The van der Waals surface area contributed by atoms with Crippen LogP contribution in [0.4, 0.5) is 5.95 Å². The Morgan fingerprint density at radius 1 is 1.38 bits per heavy atom. The summed E-state index contributed by atoms with van der Waals surface area (Å²) >= 11 is 1.67. The third-order valence-electron chi connectivity index (χ3n) is 4.90. The van der Waals surface area contributed by atoms with E-state index in [0.29, 0.717) is 30.2 Å². The monoisotopic (exact) mass is 344 g/mol. The Hall–Kier alpha value is -1.74. The zero-order valence-electron chi connectivity index (χ0n) is 13.9. The summed E-state index contributed by atoms with van der Waals surface area (Å²) in [6.07, 6.45) is 14.5. The molecule has 1 aromatic heterocycles. The molecule has 0 radical (unpaired) electrons. The summed E-state index contributed by atoms with van der Waals surface area (Å²) in [5.74, 6) is 5.49. The zero-order chi connectivity index (χ0) is 16.8. The van der Waals surface area contributed by atoms with E-state index in [9.17, 15) is 4.79 Å². The molecule has 1 saturated heterocycles. The van der Waals surface area contributed by atoms with Gasteiger partial charge in [0.05, 0.1) is 5.75 Å². The number of carbonyl (C=O) groups is 1. The number of amides is 1. The first kappa shape index (κ1) is 17.1. The van der Waals surface area contributed by atoms with Gasteiger partial charge in [-0.2, -0.15) is 0 Å². The van der Waals surface area contributed by atoms with E-state index in [1.165, 1.54) is 19.3 Å². The lowest BCUT2D eigenvalue weighted by atomic mass is 9.85. The van der Waals surface area contributed by atoms with Crippen molar-refractivity contribution in [3.05, 3.63) is 18.5 Å². The van der Waals surface area contributed by atoms with Crippen molar-refractivity contribution in [2.75, 3.05) is 23.0 Å². The van der Waals surface area contributed by atoms with Gasteiger partial charge in [-0.15, -0.1) is 18.2 Å². The molecule has 1 aromatic rings. The predicted octanol–water partition coefficient (Wildman–Crippen LogP) is 2.10. The minimum absolute atomic E-state index is 0.0955. The quantitative estimate of drug-likeness (QED) is 0.633. The summed E-state index contributed by atoms with van der Waals surface area (Å²) in [4.78, 5) is 23.7. The lowest BCUT2D eigenvalue weighted by Crippen LogP contribution is -2.48. The molecule has 1 aliphatic heterocycles. The van der Waals surface area contributed by atoms with Crippen molar-refractivity contribution in [2.45, 2.75) is 44.2 Å². The third-order valence-corrected chi connectivity index (χ3v) is 5.77. The summed E-state index contributed by atoms with van der Waals surface area (Å²) in [6, 6.07) is 2.06. The fourth-order valence-electron chi connectivity index (χ4n) is 3.90. The number of nitrogens with one attached hydrogen (secondary N) is 1. The molecule has 0 spiro atoms. The molecule has 0 aromatic carbocycles. The van der Waals surface area contributed by atoms with Crippen LogP contribution in [0, 0.1) is 18.3 Å². The number of rotatable bonds is 6. The minimum atomic E-state index is -0.155. The van der Waals surface area contributed by atoms with E-state index >= 15 is 0 Å². The molecule has 1 saturated carbocycles. The van der Waals surface area contributed by atoms with Gasteiger partial charge in [0.1, 0.15) is 6.04 Å². The smallest absolute Gasteiger partial charge is 0.242 e. The molecule has 3 atom stereocenters. The van der Waals surface area contributed by atoms with Crippen molar-refractivity contribution in [2.24, 2.45) is 5.92 Å². The van der Waals surface area contributed by atoms with E-state index in [0.717, 1.165) is 18.6 Å². The highest BCUT2D eigenvalue weighted by molar-refractivity contribution is 7.99. The Labute approximate surface area is 148 Å². The Morgan fingerprint density at radius 3 is 2.96 bits per heavy atom. The van der Waals surface area contributed by atoms with Crippen LogP contribution in [-0.4, -0.2) is 46.0 Å². The molecule has 2 aliphatic rings. The van der Waals surface area contributed by atoms with E-state index in [4.69, 9.17) is 6.42 Å². The van der Waals surface area contributed by atoms with E-state index in [1.807, 2.05) is 6.07 Å². The van der Waals surface area contributed by atoms with Gasteiger partial charge in [0.25, 0.3) is 0 Å². The normalized spacial score (nSPS) is 25.8. The van der Waals surface area contributed by atoms with Gasteiger partial charge in [-0.3, -0.25) is 4.79 Å². The second-order valence-electron chi connectivity index (χ2n) is 6.37. The van der Waals surface area contributed by atoms with Crippen LogP contribution in [0.5, 0.6) is 0 Å². The molecule has 2 heterocycles. The van der Waals surface area contributed by atoms with E-state index in [-0.39, 0.29) is 11.9 Å². The molecule has 1 aliphatic carbocycles. The van der Waals surface area contributed by atoms with Gasteiger partial charge in [0.2, 0.25) is 11.9 Å². The summed E-state index contributed by atoms with van der Waals surface area (Å²) < 4.78 is 0. The molecule has 0 unspecified atom stereocenters. The van der Waals surface area contributed by atoms with Crippen LogP contribution in [0.1, 0.15) is 32.1 Å². The second-order valence-corrected chi connectivity index (χ2v) is 7.47. The fourth-order valence-corrected chi connectivity index (χ4v) is 4.41. The maximum atomic E-state index is 12.7. The van der Waals surface area contributed by atoms with E-state index in [2.05, 4.69) is 26.1 Å². The topological polar surface area (TPSA) is 58.1 Å². The lowest BCUT2D eigenvalue weighted by Gasteiger charge is -2.33. The standard InChI is InChI=1S/C18H24N4OS/c1-2-11-24-12-10-19-17(23)16-13-14-6-3-4-7-15(14)22(16)18-20-8-5-9-21-18/h1,5,8-9,14-16H,3-4,6-7,10-13H2,(H,19,23)/t14-,15+,16+/m1/s1. The zero-order valence-corrected chi connectivity index (χ0v) is 14.7. The van der Waals surface area contributed by atoms with Crippen molar-refractivity contribution in [3.8, 4) is 12.3 Å². The van der Waals surface area contributed by atoms with Gasteiger partial charge in [-0.1, -0.05) is 18.8 Å². The highest BCUT2D eigenvalue weighted by Gasteiger charge is 2.46. The van der Waals surface area contributed by atoms with Crippen molar-refractivity contribution in [1.82, 2.24) is 15.3 Å². The Bertz CT molecular complexity index is 588. The fraction of sp³-hybridized carbons (Fsp3) is 0.611. The summed E-state index contributed by atoms with van der Waals surface area (Å²) in [7, 11) is 0. The number of terminal acetylenes is 1. The van der Waals surface area contributed by atoms with Gasteiger partial charge in [0, 0.05) is 30.7 Å². The van der Waals surface area contributed by atoms with Crippen molar-refractivity contribution in [3.63, 3.8) is 0 Å². The van der Waals surface area contributed by atoms with Gasteiger partial charge in [-0.25, -0.2) is 9.97 Å². The molecule has 24 heavy (non-hydrogen) atoms. The molecule has 128 valence electrons. The Kier molecular flexibility index (Phi) is 5.97. The number of hydrogen-bond donors (Lipinski definition) is 1. The molecule has 3 rings (SSSR count). The number of aromatic nitrogens is 2. The van der Waals surface area contributed by atoms with Crippen molar-refractivity contribution < 1.29 is 4.79 Å². The SMILES string of the molecule is C#CCSCCNC(=O)[C@@H]1C[C@H]2CCCC[C@@H]2N1c1ncccn1. The number of hydrogen-bond acceptors (Lipinski definition) is 5. The first-order chi connectivity index (χ1) is 11.8. The molecule has 2 fully saturated rings. The van der Waals surface area contributed by atoms with Crippen LogP contribution in [0.3, 0.4) is 0 Å². The Balaban J connectivity index is 1.68. The second kappa shape index (κ2) is 8.39. The average molecular weight is 344 g/mol. The first-order valence-corrected chi connectivity index (χ1v) is 9.81. The lowest BCUT2D eigenvalue weighted by molar-refractivity contribution is -0.122. The van der Waals surface area contributed by atoms with Crippen LogP contribution in [0.25, 0.3) is 0 Å². The first-order valence-electron chi connectivity index (χ1n) is 8.65. The van der Waals surface area contributed by atoms with Gasteiger partial charge < -0.3 is 10.2 Å². The molecule has 1 amide bonds. The summed E-state index contributed by atoms with van der Waals surface area (Å²) in [5.41, 5.74) is 0. The summed E-state index contributed by atoms with van der Waals surface area (Å²) in [6.45, 7) is 0.653. The highest BCUT2D eigenvalue weighted by atomic mass is 32.2. The van der Waals surface area contributed by atoms with E-state index in [1.54, 1.807) is 24.2 Å². The number of carbonyl (C=O) groups excluding carboxylic acids is 1. The van der Waals surface area contributed by atoms with Crippen LogP contribution < -0.4 is 10.2 Å². The van der Waals surface area contributed by atoms with Crippen molar-refractivity contribution in [1.29, 1.82) is 0 Å². The average Bonchev–Trinajstić information content (AvgIpc) is 3.02. The molecule has 6 heteroatoms. The van der Waals surface area contributed by atoms with Crippen LogP contribution in [0.2, 0.25) is 0 Å². The summed E-state index contributed by atoms with van der Waals surface area (Å²) in [5, 5.41) is 3.07. The predicted molar refractivity (Wildman–Crippen MR) is 97.8 cm³/mol. The number of nitrogens with zero attached hydrogens (tertiary/aromatic N) is 3. The molecule has 1 N–H and O–H groups in total. The maximum Gasteiger partial charge on any atom is 0.242 e. The van der Waals surface area contributed by atoms with Gasteiger partial charge in [0.15, 0.2) is 0 Å². The largest absolute Gasteiger partial charge is 0.353 e. The van der Waals surface area contributed by atoms with E-state index < -0.39 is 0 Å². The molecule has 0 bridgehead atoms. The Morgan fingerprint density at radius 2 is 2.17 bits per heavy atom. The van der Waals surface area contributed by atoms with Crippen LogP contribution in [-0.2, 0) is 4.79 Å². The molecule has 5 nitrogen and oxygen atoms in total. The van der Waals surface area contributed by atoms with Crippen LogP contribution >= 0.6 is 11.8 Å². The third kappa shape index (κ3) is 3.84. The minimum Gasteiger partial charge on any atom is -0.353 e. The van der Waals surface area contributed by atoms with Crippen molar-refractivity contribution >= 4 is 23.6 Å². The number of anilines is 1.